The molecule has 0 amide bonds. The second kappa shape index (κ2) is 3.51. The summed E-state index contributed by atoms with van der Waals surface area (Å²) in [5.41, 5.74) is 13.6. The molecule has 78 valence electrons. The van der Waals surface area contributed by atoms with Crippen molar-refractivity contribution in [3.63, 3.8) is 0 Å². The number of nitrogens with two attached hydrogens (primary N) is 2. The van der Waals surface area contributed by atoms with Gasteiger partial charge in [0.1, 0.15) is 0 Å². The third-order valence-electron chi connectivity index (χ3n) is 2.42. The summed E-state index contributed by atoms with van der Waals surface area (Å²) in [7, 11) is 0. The maximum atomic E-state index is 13.3. The Balaban J connectivity index is 2.24. The Morgan fingerprint density at radius 3 is 2.40 bits per heavy atom. The summed E-state index contributed by atoms with van der Waals surface area (Å²) in [5, 5.41) is 0. The van der Waals surface area contributed by atoms with E-state index in [-0.39, 0.29) is 6.42 Å². The van der Waals surface area contributed by atoms with E-state index < -0.39 is 5.79 Å². The predicted molar refractivity (Wildman–Crippen MR) is 60.6 cm³/mol. The SMILES string of the molecule is Nc1ccc(C2=CCC(N)(F)C=C2)cc1. The standard InChI is InChI=1S/C12H13FN2/c13-12(15)7-5-10(6-8-12)9-1-3-11(14)4-2-9/h1-7H,8,14-15H2. The van der Waals surface area contributed by atoms with Gasteiger partial charge in [-0.1, -0.05) is 24.3 Å². The molecule has 1 aliphatic rings. The number of nitrogen functional groups attached to an aromatic ring is 1. The topological polar surface area (TPSA) is 52.0 Å². The van der Waals surface area contributed by atoms with E-state index in [9.17, 15) is 4.39 Å². The molecule has 1 aromatic rings. The van der Waals surface area contributed by atoms with Crippen LogP contribution in [0.4, 0.5) is 10.1 Å². The van der Waals surface area contributed by atoms with Crippen molar-refractivity contribution in [1.82, 2.24) is 0 Å². The number of hydrogen-bond acceptors (Lipinski definition) is 2. The Labute approximate surface area is 88.1 Å². The fraction of sp³-hybridized carbons (Fsp3) is 0.167. The quantitative estimate of drug-likeness (QED) is 0.544. The van der Waals surface area contributed by atoms with Gasteiger partial charge in [-0.2, -0.15) is 0 Å². The Morgan fingerprint density at radius 1 is 1.20 bits per heavy atom. The molecule has 0 radical (unpaired) electrons. The highest BCUT2D eigenvalue weighted by molar-refractivity contribution is 5.76. The molecule has 0 fully saturated rings. The van der Waals surface area contributed by atoms with E-state index in [1.807, 2.05) is 24.3 Å². The van der Waals surface area contributed by atoms with Crippen LogP contribution in [-0.2, 0) is 0 Å². The first-order valence-corrected chi connectivity index (χ1v) is 4.80. The highest BCUT2D eigenvalue weighted by atomic mass is 19.1. The van der Waals surface area contributed by atoms with Gasteiger partial charge in [-0.3, -0.25) is 5.73 Å². The van der Waals surface area contributed by atoms with Gasteiger partial charge in [0.2, 0.25) is 0 Å². The molecule has 0 aliphatic heterocycles. The third-order valence-corrected chi connectivity index (χ3v) is 2.42. The first-order chi connectivity index (χ1) is 7.07. The first-order valence-electron chi connectivity index (χ1n) is 4.80. The molecule has 15 heavy (non-hydrogen) atoms. The van der Waals surface area contributed by atoms with Gasteiger partial charge < -0.3 is 5.73 Å². The van der Waals surface area contributed by atoms with Crippen LogP contribution in [0.5, 0.6) is 0 Å². The number of hydrogen-bond donors (Lipinski definition) is 2. The Hall–Kier alpha value is -1.61. The zero-order valence-corrected chi connectivity index (χ0v) is 8.28. The molecule has 2 rings (SSSR count). The van der Waals surface area contributed by atoms with Crippen LogP contribution < -0.4 is 11.5 Å². The van der Waals surface area contributed by atoms with E-state index in [0.717, 1.165) is 16.8 Å². The molecular formula is C12H13FN2. The van der Waals surface area contributed by atoms with Gasteiger partial charge in [0.15, 0.2) is 5.79 Å². The van der Waals surface area contributed by atoms with Crippen LogP contribution in [0.25, 0.3) is 5.57 Å². The highest BCUT2D eigenvalue weighted by Gasteiger charge is 2.21. The molecule has 0 heterocycles. The maximum Gasteiger partial charge on any atom is 0.181 e. The fourth-order valence-electron chi connectivity index (χ4n) is 1.52. The second-order valence-electron chi connectivity index (χ2n) is 3.75. The third kappa shape index (κ3) is 2.25. The molecule has 0 aromatic heterocycles. The van der Waals surface area contributed by atoms with Gasteiger partial charge >= 0.3 is 0 Å². The number of alkyl halides is 1. The van der Waals surface area contributed by atoms with Crippen LogP contribution >= 0.6 is 0 Å². The minimum atomic E-state index is -1.70. The summed E-state index contributed by atoms with van der Waals surface area (Å²) in [4.78, 5) is 0. The minimum Gasteiger partial charge on any atom is -0.399 e. The molecule has 0 saturated carbocycles. The Morgan fingerprint density at radius 2 is 1.87 bits per heavy atom. The van der Waals surface area contributed by atoms with Crippen molar-refractivity contribution in [3.05, 3.63) is 48.1 Å². The lowest BCUT2D eigenvalue weighted by atomic mass is 9.96. The lowest BCUT2D eigenvalue weighted by Gasteiger charge is -2.18. The van der Waals surface area contributed by atoms with Crippen molar-refractivity contribution in [2.45, 2.75) is 12.2 Å². The van der Waals surface area contributed by atoms with E-state index in [4.69, 9.17) is 11.5 Å². The van der Waals surface area contributed by atoms with Crippen molar-refractivity contribution in [3.8, 4) is 0 Å². The summed E-state index contributed by atoms with van der Waals surface area (Å²) in [6, 6.07) is 7.47. The van der Waals surface area contributed by atoms with E-state index >= 15 is 0 Å². The summed E-state index contributed by atoms with van der Waals surface area (Å²) in [6.45, 7) is 0. The molecule has 1 aromatic carbocycles. The summed E-state index contributed by atoms with van der Waals surface area (Å²) < 4.78 is 13.3. The lowest BCUT2D eigenvalue weighted by molar-refractivity contribution is 0.242. The van der Waals surface area contributed by atoms with Crippen LogP contribution in [0.2, 0.25) is 0 Å². The van der Waals surface area contributed by atoms with Crippen LogP contribution in [0, 0.1) is 0 Å². The van der Waals surface area contributed by atoms with Gasteiger partial charge in [0.25, 0.3) is 0 Å². The molecule has 0 bridgehead atoms. The smallest absolute Gasteiger partial charge is 0.181 e. The Kier molecular flexibility index (Phi) is 2.32. The largest absolute Gasteiger partial charge is 0.399 e. The normalized spacial score (nSPS) is 25.1. The zero-order valence-electron chi connectivity index (χ0n) is 8.28. The van der Waals surface area contributed by atoms with E-state index in [1.165, 1.54) is 6.08 Å². The predicted octanol–water partition coefficient (Wildman–Crippen LogP) is 2.24. The van der Waals surface area contributed by atoms with Gasteiger partial charge in [0.05, 0.1) is 0 Å². The maximum absolute atomic E-state index is 13.3. The zero-order chi connectivity index (χ0) is 10.9. The van der Waals surface area contributed by atoms with E-state index in [0.29, 0.717) is 0 Å². The highest BCUT2D eigenvalue weighted by Crippen LogP contribution is 2.26. The van der Waals surface area contributed by atoms with Crippen LogP contribution in [0.3, 0.4) is 0 Å². The molecule has 2 nitrogen and oxygen atoms in total. The van der Waals surface area contributed by atoms with Crippen LogP contribution in [0.15, 0.2) is 42.5 Å². The van der Waals surface area contributed by atoms with E-state index in [1.54, 1.807) is 12.2 Å². The molecule has 4 N–H and O–H groups in total. The number of benzene rings is 1. The second-order valence-corrected chi connectivity index (χ2v) is 3.75. The van der Waals surface area contributed by atoms with Crippen LogP contribution in [0.1, 0.15) is 12.0 Å². The van der Waals surface area contributed by atoms with Gasteiger partial charge in [-0.05, 0) is 29.3 Å². The molecule has 1 aliphatic carbocycles. The molecule has 1 unspecified atom stereocenters. The Bertz CT molecular complexity index is 416. The van der Waals surface area contributed by atoms with Gasteiger partial charge in [-0.15, -0.1) is 0 Å². The average molecular weight is 204 g/mol. The molecule has 0 saturated heterocycles. The number of halogens is 1. The molecule has 0 spiro atoms. The number of anilines is 1. The lowest BCUT2D eigenvalue weighted by Crippen LogP contribution is -2.32. The minimum absolute atomic E-state index is 0.212. The average Bonchev–Trinajstić information content (AvgIpc) is 2.20. The van der Waals surface area contributed by atoms with Crippen molar-refractivity contribution >= 4 is 11.3 Å². The molecular weight excluding hydrogens is 191 g/mol. The summed E-state index contributed by atoms with van der Waals surface area (Å²) in [6.07, 6.45) is 5.10. The van der Waals surface area contributed by atoms with Crippen LogP contribution in [-0.4, -0.2) is 5.79 Å². The number of allylic oxidation sites excluding steroid dienone is 2. The van der Waals surface area contributed by atoms with Crippen molar-refractivity contribution in [1.29, 1.82) is 0 Å². The summed E-state index contributed by atoms with van der Waals surface area (Å²) >= 11 is 0. The van der Waals surface area contributed by atoms with Crippen molar-refractivity contribution in [2.24, 2.45) is 5.73 Å². The monoisotopic (exact) mass is 204 g/mol. The van der Waals surface area contributed by atoms with Crippen molar-refractivity contribution in [2.75, 3.05) is 5.73 Å². The summed E-state index contributed by atoms with van der Waals surface area (Å²) in [5.74, 6) is -1.70. The van der Waals surface area contributed by atoms with Gasteiger partial charge in [-0.25, -0.2) is 4.39 Å². The van der Waals surface area contributed by atoms with E-state index in [2.05, 4.69) is 0 Å². The fourth-order valence-corrected chi connectivity index (χ4v) is 1.52. The molecule has 3 heteroatoms. The molecule has 1 atom stereocenters. The first kappa shape index (κ1) is 9.93. The van der Waals surface area contributed by atoms with Crippen molar-refractivity contribution < 1.29 is 4.39 Å². The van der Waals surface area contributed by atoms with Gasteiger partial charge in [0, 0.05) is 12.1 Å². The number of rotatable bonds is 1.